The molecule has 1 aromatic rings. The molecular weight excluding hydrogens is 164 g/mol. The minimum absolute atomic E-state index is 0.859. The fourth-order valence-corrected chi connectivity index (χ4v) is 1.02. The molecule has 0 saturated heterocycles. The van der Waals surface area contributed by atoms with Crippen LogP contribution in [0.1, 0.15) is 12.5 Å². The highest BCUT2D eigenvalue weighted by atomic mass is 16.5. The number of allylic oxidation sites excluding steroid dienone is 1. The molecule has 0 atom stereocenters. The Morgan fingerprint density at radius 1 is 1.31 bits per heavy atom. The minimum atomic E-state index is 0.859. The maximum atomic E-state index is 5.10. The molecule has 0 unspecified atom stereocenters. The minimum Gasteiger partial charge on any atom is -0.501 e. The molecule has 0 aliphatic carbocycles. The average molecular weight is 178 g/mol. The molecule has 0 aliphatic rings. The maximum absolute atomic E-state index is 5.10. The Bertz CT molecular complexity index is 303. The van der Waals surface area contributed by atoms with Crippen molar-refractivity contribution in [2.75, 3.05) is 14.2 Å². The second kappa shape index (κ2) is 4.55. The molecule has 0 N–H and O–H groups in total. The van der Waals surface area contributed by atoms with E-state index in [4.69, 9.17) is 9.47 Å². The van der Waals surface area contributed by atoms with Crippen LogP contribution in [-0.4, -0.2) is 14.2 Å². The van der Waals surface area contributed by atoms with E-state index >= 15 is 0 Å². The van der Waals surface area contributed by atoms with E-state index in [-0.39, 0.29) is 0 Å². The predicted octanol–water partition coefficient (Wildman–Crippen LogP) is 2.70. The molecule has 0 radical (unpaired) electrons. The Hall–Kier alpha value is -1.44. The highest BCUT2D eigenvalue weighted by Gasteiger charge is 1.93. The van der Waals surface area contributed by atoms with Gasteiger partial charge in [-0.15, -0.1) is 0 Å². The van der Waals surface area contributed by atoms with E-state index in [1.54, 1.807) is 14.2 Å². The first-order chi connectivity index (χ1) is 6.26. The van der Waals surface area contributed by atoms with E-state index in [0.29, 0.717) is 0 Å². The summed E-state index contributed by atoms with van der Waals surface area (Å²) < 4.78 is 10.1. The third-order valence-corrected chi connectivity index (χ3v) is 1.79. The first kappa shape index (κ1) is 9.65. The van der Waals surface area contributed by atoms with Gasteiger partial charge in [-0.05, 0) is 30.7 Å². The molecule has 0 heterocycles. The summed E-state index contributed by atoms with van der Waals surface area (Å²) in [6, 6.07) is 7.83. The summed E-state index contributed by atoms with van der Waals surface area (Å²) in [5.41, 5.74) is 1.08. The van der Waals surface area contributed by atoms with E-state index in [0.717, 1.165) is 17.1 Å². The summed E-state index contributed by atoms with van der Waals surface area (Å²) in [6.45, 7) is 1.92. The van der Waals surface area contributed by atoms with Crippen LogP contribution >= 0.6 is 0 Å². The van der Waals surface area contributed by atoms with Gasteiger partial charge >= 0.3 is 0 Å². The molecule has 0 amide bonds. The van der Waals surface area contributed by atoms with Gasteiger partial charge in [0.15, 0.2) is 0 Å². The summed E-state index contributed by atoms with van der Waals surface area (Å²) in [6.07, 6.45) is 1.96. The molecule has 1 aromatic carbocycles. The van der Waals surface area contributed by atoms with Crippen LogP contribution in [0.15, 0.2) is 30.0 Å². The number of hydrogen-bond acceptors (Lipinski definition) is 2. The quantitative estimate of drug-likeness (QED) is 0.662. The Morgan fingerprint density at radius 3 is 2.69 bits per heavy atom. The van der Waals surface area contributed by atoms with Gasteiger partial charge in [-0.1, -0.05) is 12.1 Å². The van der Waals surface area contributed by atoms with E-state index in [1.807, 2.05) is 37.3 Å². The Labute approximate surface area is 78.8 Å². The summed E-state index contributed by atoms with van der Waals surface area (Å²) in [5.74, 6) is 1.74. The molecule has 2 nitrogen and oxygen atoms in total. The van der Waals surface area contributed by atoms with Crippen LogP contribution in [0.4, 0.5) is 0 Å². The van der Waals surface area contributed by atoms with Crippen molar-refractivity contribution >= 4 is 6.08 Å². The third kappa shape index (κ3) is 2.82. The zero-order chi connectivity index (χ0) is 9.68. The molecular formula is C11H14O2. The van der Waals surface area contributed by atoms with Gasteiger partial charge in [0.2, 0.25) is 0 Å². The van der Waals surface area contributed by atoms with Crippen molar-refractivity contribution < 1.29 is 9.47 Å². The zero-order valence-electron chi connectivity index (χ0n) is 8.20. The first-order valence-electron chi connectivity index (χ1n) is 4.12. The highest BCUT2D eigenvalue weighted by Crippen LogP contribution is 2.15. The van der Waals surface area contributed by atoms with Crippen molar-refractivity contribution in [1.29, 1.82) is 0 Å². The van der Waals surface area contributed by atoms with Crippen LogP contribution in [-0.2, 0) is 4.74 Å². The molecule has 0 aromatic heterocycles. The fourth-order valence-electron chi connectivity index (χ4n) is 1.02. The van der Waals surface area contributed by atoms with Crippen LogP contribution in [0.25, 0.3) is 6.08 Å². The van der Waals surface area contributed by atoms with E-state index in [1.165, 1.54) is 0 Å². The summed E-state index contributed by atoms with van der Waals surface area (Å²) in [4.78, 5) is 0. The topological polar surface area (TPSA) is 18.5 Å². The average Bonchev–Trinajstić information content (AvgIpc) is 2.18. The highest BCUT2D eigenvalue weighted by molar-refractivity contribution is 5.53. The number of rotatable bonds is 3. The normalized spacial score (nSPS) is 11.2. The van der Waals surface area contributed by atoms with Gasteiger partial charge in [0, 0.05) is 0 Å². The fraction of sp³-hybridized carbons (Fsp3) is 0.273. The maximum Gasteiger partial charge on any atom is 0.119 e. The molecule has 0 bridgehead atoms. The third-order valence-electron chi connectivity index (χ3n) is 1.79. The largest absolute Gasteiger partial charge is 0.501 e. The van der Waals surface area contributed by atoms with E-state index < -0.39 is 0 Å². The molecule has 13 heavy (non-hydrogen) atoms. The van der Waals surface area contributed by atoms with Crippen LogP contribution in [0, 0.1) is 0 Å². The number of benzene rings is 1. The Morgan fingerprint density at radius 2 is 2.08 bits per heavy atom. The standard InChI is InChI=1S/C11H14O2/c1-9(12-2)7-10-5-4-6-11(8-10)13-3/h4-8H,1-3H3. The van der Waals surface area contributed by atoms with Crippen LogP contribution in [0.2, 0.25) is 0 Å². The van der Waals surface area contributed by atoms with Gasteiger partial charge in [-0.3, -0.25) is 0 Å². The van der Waals surface area contributed by atoms with Crippen molar-refractivity contribution in [2.24, 2.45) is 0 Å². The van der Waals surface area contributed by atoms with Crippen molar-refractivity contribution in [3.8, 4) is 5.75 Å². The van der Waals surface area contributed by atoms with Crippen molar-refractivity contribution in [3.63, 3.8) is 0 Å². The molecule has 0 fully saturated rings. The van der Waals surface area contributed by atoms with Crippen LogP contribution < -0.4 is 4.74 Å². The van der Waals surface area contributed by atoms with Gasteiger partial charge in [0.05, 0.1) is 20.0 Å². The molecule has 0 saturated carbocycles. The van der Waals surface area contributed by atoms with Gasteiger partial charge < -0.3 is 9.47 Å². The second-order valence-corrected chi connectivity index (χ2v) is 2.74. The smallest absolute Gasteiger partial charge is 0.119 e. The lowest BCUT2D eigenvalue weighted by molar-refractivity contribution is 0.297. The molecule has 2 heteroatoms. The van der Waals surface area contributed by atoms with Gasteiger partial charge in [-0.25, -0.2) is 0 Å². The lowest BCUT2D eigenvalue weighted by Crippen LogP contribution is -1.84. The number of ether oxygens (including phenoxy) is 2. The summed E-state index contributed by atoms with van der Waals surface area (Å²) in [5, 5.41) is 0. The van der Waals surface area contributed by atoms with Gasteiger partial charge in [0.25, 0.3) is 0 Å². The number of hydrogen-bond donors (Lipinski definition) is 0. The van der Waals surface area contributed by atoms with Crippen LogP contribution in [0.5, 0.6) is 5.75 Å². The first-order valence-corrected chi connectivity index (χ1v) is 4.12. The SMILES string of the molecule is COC(C)=Cc1cccc(OC)c1. The lowest BCUT2D eigenvalue weighted by Gasteiger charge is -2.02. The molecule has 1 rings (SSSR count). The van der Waals surface area contributed by atoms with E-state index in [9.17, 15) is 0 Å². The molecule has 70 valence electrons. The number of methoxy groups -OCH3 is 2. The monoisotopic (exact) mass is 178 g/mol. The van der Waals surface area contributed by atoms with E-state index in [2.05, 4.69) is 0 Å². The summed E-state index contributed by atoms with van der Waals surface area (Å²) >= 11 is 0. The Balaban J connectivity index is 2.89. The Kier molecular flexibility index (Phi) is 3.38. The lowest BCUT2D eigenvalue weighted by atomic mass is 10.2. The predicted molar refractivity (Wildman–Crippen MR) is 53.7 cm³/mol. The second-order valence-electron chi connectivity index (χ2n) is 2.74. The van der Waals surface area contributed by atoms with Crippen molar-refractivity contribution in [2.45, 2.75) is 6.92 Å². The summed E-state index contributed by atoms with van der Waals surface area (Å²) in [7, 11) is 3.32. The van der Waals surface area contributed by atoms with Crippen molar-refractivity contribution in [3.05, 3.63) is 35.6 Å². The van der Waals surface area contributed by atoms with Gasteiger partial charge in [-0.2, -0.15) is 0 Å². The van der Waals surface area contributed by atoms with Gasteiger partial charge in [0.1, 0.15) is 5.75 Å². The molecule has 0 aliphatic heterocycles. The van der Waals surface area contributed by atoms with Crippen LogP contribution in [0.3, 0.4) is 0 Å². The zero-order valence-corrected chi connectivity index (χ0v) is 8.20. The van der Waals surface area contributed by atoms with Crippen molar-refractivity contribution in [1.82, 2.24) is 0 Å². The molecule has 0 spiro atoms.